The quantitative estimate of drug-likeness (QED) is 0.599. The van der Waals surface area contributed by atoms with Crippen molar-refractivity contribution in [3.63, 3.8) is 0 Å². The number of aryl methyl sites for hydroxylation is 2. The van der Waals surface area contributed by atoms with Gasteiger partial charge in [0.15, 0.2) is 5.96 Å². The van der Waals surface area contributed by atoms with E-state index in [9.17, 15) is 0 Å². The average Bonchev–Trinajstić information content (AvgIpc) is 2.59. The van der Waals surface area contributed by atoms with Gasteiger partial charge in [-0.15, -0.1) is 0 Å². The summed E-state index contributed by atoms with van der Waals surface area (Å²) in [5.74, 6) is 2.33. The van der Waals surface area contributed by atoms with Gasteiger partial charge in [0.05, 0.1) is 12.2 Å². The van der Waals surface area contributed by atoms with E-state index in [2.05, 4.69) is 27.5 Å². The first kappa shape index (κ1) is 12.5. The minimum Gasteiger partial charge on any atom is -0.444 e. The first-order valence-corrected chi connectivity index (χ1v) is 5.54. The summed E-state index contributed by atoms with van der Waals surface area (Å²) >= 11 is 0. The van der Waals surface area contributed by atoms with Crippen LogP contribution < -0.4 is 10.6 Å². The van der Waals surface area contributed by atoms with Crippen molar-refractivity contribution < 1.29 is 4.42 Å². The largest absolute Gasteiger partial charge is 0.444 e. The number of oxazole rings is 1. The maximum atomic E-state index is 5.46. The van der Waals surface area contributed by atoms with E-state index in [1.807, 2.05) is 13.8 Å². The fourth-order valence-electron chi connectivity index (χ4n) is 1.24. The molecule has 0 atom stereocenters. The summed E-state index contributed by atoms with van der Waals surface area (Å²) in [5.41, 5.74) is 0.938. The molecule has 2 N–H and O–H groups in total. The first-order chi connectivity index (χ1) is 7.67. The molecule has 0 bridgehead atoms. The molecule has 0 spiro atoms. The van der Waals surface area contributed by atoms with E-state index in [1.165, 1.54) is 0 Å². The molecule has 0 amide bonds. The highest BCUT2D eigenvalue weighted by molar-refractivity contribution is 5.79. The molecular formula is C11H20N4O. The number of hydrogen-bond donors (Lipinski definition) is 2. The van der Waals surface area contributed by atoms with Crippen LogP contribution in [0.2, 0.25) is 0 Å². The Bertz CT molecular complexity index is 337. The summed E-state index contributed by atoms with van der Waals surface area (Å²) in [7, 11) is 1.75. The summed E-state index contributed by atoms with van der Waals surface area (Å²) in [5, 5.41) is 6.32. The van der Waals surface area contributed by atoms with Crippen LogP contribution in [0.3, 0.4) is 0 Å². The Morgan fingerprint density at radius 1 is 1.38 bits per heavy atom. The van der Waals surface area contributed by atoms with E-state index >= 15 is 0 Å². The Morgan fingerprint density at radius 2 is 2.12 bits per heavy atom. The van der Waals surface area contributed by atoms with E-state index in [1.54, 1.807) is 7.05 Å². The van der Waals surface area contributed by atoms with Gasteiger partial charge in [0.25, 0.3) is 0 Å². The van der Waals surface area contributed by atoms with Gasteiger partial charge in [-0.3, -0.25) is 4.99 Å². The van der Waals surface area contributed by atoms with E-state index in [4.69, 9.17) is 4.42 Å². The molecule has 0 fully saturated rings. The Hall–Kier alpha value is -1.52. The molecule has 5 heteroatoms. The SMILES string of the molecule is CCCNC(=NC)NCc1nc(C)c(C)o1. The second-order valence-corrected chi connectivity index (χ2v) is 3.60. The highest BCUT2D eigenvalue weighted by Gasteiger charge is 2.05. The number of nitrogens with zero attached hydrogens (tertiary/aromatic N) is 2. The normalized spacial score (nSPS) is 11.6. The summed E-state index contributed by atoms with van der Waals surface area (Å²) in [4.78, 5) is 8.38. The molecule has 1 heterocycles. The van der Waals surface area contributed by atoms with Gasteiger partial charge in [-0.2, -0.15) is 0 Å². The number of guanidine groups is 1. The summed E-state index contributed by atoms with van der Waals surface area (Å²) in [6.07, 6.45) is 1.07. The molecule has 0 aliphatic carbocycles. The van der Waals surface area contributed by atoms with E-state index in [0.717, 1.165) is 30.4 Å². The predicted octanol–water partition coefficient (Wildman–Crippen LogP) is 1.37. The number of hydrogen-bond acceptors (Lipinski definition) is 3. The van der Waals surface area contributed by atoms with Crippen molar-refractivity contribution in [2.24, 2.45) is 4.99 Å². The lowest BCUT2D eigenvalue weighted by Gasteiger charge is -2.08. The summed E-state index contributed by atoms with van der Waals surface area (Å²) in [6.45, 7) is 7.42. The third-order valence-corrected chi connectivity index (χ3v) is 2.25. The molecule has 0 saturated heterocycles. The predicted molar refractivity (Wildman–Crippen MR) is 64.5 cm³/mol. The molecule has 0 saturated carbocycles. The lowest BCUT2D eigenvalue weighted by Crippen LogP contribution is -2.37. The molecule has 16 heavy (non-hydrogen) atoms. The monoisotopic (exact) mass is 224 g/mol. The molecule has 0 aromatic carbocycles. The Labute approximate surface area is 96.4 Å². The summed E-state index contributed by atoms with van der Waals surface area (Å²) < 4.78 is 5.46. The smallest absolute Gasteiger partial charge is 0.214 e. The minimum atomic E-state index is 0.554. The van der Waals surface area contributed by atoms with Crippen LogP contribution in [0.4, 0.5) is 0 Å². The van der Waals surface area contributed by atoms with Crippen molar-refractivity contribution in [2.45, 2.75) is 33.7 Å². The third-order valence-electron chi connectivity index (χ3n) is 2.25. The van der Waals surface area contributed by atoms with E-state index in [0.29, 0.717) is 12.4 Å². The van der Waals surface area contributed by atoms with Gasteiger partial charge in [-0.05, 0) is 20.3 Å². The molecular weight excluding hydrogens is 204 g/mol. The fraction of sp³-hybridized carbons (Fsp3) is 0.636. The molecule has 0 aliphatic heterocycles. The van der Waals surface area contributed by atoms with E-state index in [-0.39, 0.29) is 0 Å². The van der Waals surface area contributed by atoms with Gasteiger partial charge in [0.2, 0.25) is 5.89 Å². The molecule has 0 radical (unpaired) electrons. The average molecular weight is 224 g/mol. The Morgan fingerprint density at radius 3 is 2.62 bits per heavy atom. The second kappa shape index (κ2) is 6.15. The zero-order valence-electron chi connectivity index (χ0n) is 10.4. The van der Waals surface area contributed by atoms with Crippen LogP contribution in [0, 0.1) is 13.8 Å². The molecule has 1 rings (SSSR count). The van der Waals surface area contributed by atoms with Gasteiger partial charge in [0, 0.05) is 13.6 Å². The number of aliphatic imine (C=N–C) groups is 1. The van der Waals surface area contributed by atoms with Crippen molar-refractivity contribution in [1.29, 1.82) is 0 Å². The molecule has 1 aromatic heterocycles. The summed E-state index contributed by atoms with van der Waals surface area (Å²) in [6, 6.07) is 0. The van der Waals surface area contributed by atoms with Crippen LogP contribution in [0.25, 0.3) is 0 Å². The van der Waals surface area contributed by atoms with Crippen LogP contribution in [0.1, 0.15) is 30.7 Å². The van der Waals surface area contributed by atoms with E-state index < -0.39 is 0 Å². The maximum absolute atomic E-state index is 5.46. The standard InChI is InChI=1S/C11H20N4O/c1-5-6-13-11(12-4)14-7-10-15-8(2)9(3)16-10/h5-7H2,1-4H3,(H2,12,13,14). The highest BCUT2D eigenvalue weighted by atomic mass is 16.4. The van der Waals surface area contributed by atoms with Gasteiger partial charge in [-0.25, -0.2) is 4.98 Å². The maximum Gasteiger partial charge on any atom is 0.214 e. The van der Waals surface area contributed by atoms with Crippen LogP contribution in [-0.4, -0.2) is 24.5 Å². The first-order valence-electron chi connectivity index (χ1n) is 5.54. The molecule has 0 unspecified atom stereocenters. The second-order valence-electron chi connectivity index (χ2n) is 3.60. The Balaban J connectivity index is 2.43. The van der Waals surface area contributed by atoms with Gasteiger partial charge in [-0.1, -0.05) is 6.92 Å². The molecule has 1 aromatic rings. The van der Waals surface area contributed by atoms with Crippen molar-refractivity contribution in [3.8, 4) is 0 Å². The van der Waals surface area contributed by atoms with Crippen molar-refractivity contribution in [3.05, 3.63) is 17.3 Å². The molecule has 0 aliphatic rings. The van der Waals surface area contributed by atoms with Crippen molar-refractivity contribution >= 4 is 5.96 Å². The van der Waals surface area contributed by atoms with Gasteiger partial charge < -0.3 is 15.1 Å². The highest BCUT2D eigenvalue weighted by Crippen LogP contribution is 2.07. The lowest BCUT2D eigenvalue weighted by atomic mass is 10.4. The topological polar surface area (TPSA) is 62.5 Å². The number of aromatic nitrogens is 1. The molecule has 5 nitrogen and oxygen atoms in total. The number of nitrogens with one attached hydrogen (secondary N) is 2. The Kier molecular flexibility index (Phi) is 4.82. The van der Waals surface area contributed by atoms with Crippen LogP contribution in [0.15, 0.2) is 9.41 Å². The van der Waals surface area contributed by atoms with Crippen molar-refractivity contribution in [1.82, 2.24) is 15.6 Å². The van der Waals surface area contributed by atoms with Gasteiger partial charge >= 0.3 is 0 Å². The van der Waals surface area contributed by atoms with Crippen LogP contribution in [-0.2, 0) is 6.54 Å². The van der Waals surface area contributed by atoms with Crippen LogP contribution in [0.5, 0.6) is 0 Å². The zero-order valence-corrected chi connectivity index (χ0v) is 10.4. The number of rotatable bonds is 4. The fourth-order valence-corrected chi connectivity index (χ4v) is 1.24. The molecule has 90 valence electrons. The van der Waals surface area contributed by atoms with Crippen molar-refractivity contribution in [2.75, 3.05) is 13.6 Å². The van der Waals surface area contributed by atoms with Gasteiger partial charge in [0.1, 0.15) is 5.76 Å². The third kappa shape index (κ3) is 3.56. The van der Waals surface area contributed by atoms with Crippen LogP contribution >= 0.6 is 0 Å². The minimum absolute atomic E-state index is 0.554. The zero-order chi connectivity index (χ0) is 12.0. The lowest BCUT2D eigenvalue weighted by molar-refractivity contribution is 0.463.